The van der Waals surface area contributed by atoms with Crippen molar-refractivity contribution in [3.8, 4) is 0 Å². The molecular weight excluding hydrogens is 318 g/mol. The number of allylic oxidation sites excluding steroid dienone is 3. The number of benzene rings is 1. The number of hydrogen-bond acceptors (Lipinski definition) is 1. The number of hydrogen-bond donors (Lipinski definition) is 1. The highest BCUT2D eigenvalue weighted by Crippen LogP contribution is 2.33. The van der Waals surface area contributed by atoms with Crippen molar-refractivity contribution in [1.82, 2.24) is 0 Å². The first-order chi connectivity index (χ1) is 11.7. The minimum Gasteiger partial charge on any atom is -0.322 e. The van der Waals surface area contributed by atoms with Crippen LogP contribution in [0.1, 0.15) is 65.2 Å². The van der Waals surface area contributed by atoms with Crippen LogP contribution in [-0.2, 0) is 4.79 Å². The van der Waals surface area contributed by atoms with Crippen molar-refractivity contribution in [1.29, 1.82) is 0 Å². The summed E-state index contributed by atoms with van der Waals surface area (Å²) in [5.74, 6) is 0.0263. The zero-order valence-electron chi connectivity index (χ0n) is 14.8. The van der Waals surface area contributed by atoms with Crippen LogP contribution in [0, 0.1) is 0 Å². The number of carbonyl (C=O) groups is 1. The van der Waals surface area contributed by atoms with E-state index in [1.807, 2.05) is 18.2 Å². The van der Waals surface area contributed by atoms with Gasteiger partial charge < -0.3 is 5.32 Å². The maximum atomic E-state index is 12.9. The standard InChI is InChI=1S/C21H28ClNO/c1-3-5-10-16-11-6-7-14-19(16)20(9-4-2)21(24)23-18-13-8-12-17(22)15-18/h8,10,12-13,15H,3-7,9,11,14H2,1-2H3,(H,23,24)/b16-10+,20-19-. The lowest BCUT2D eigenvalue weighted by atomic mass is 9.84. The van der Waals surface area contributed by atoms with Gasteiger partial charge in [-0.25, -0.2) is 0 Å². The Hall–Kier alpha value is -1.54. The topological polar surface area (TPSA) is 29.1 Å². The second-order valence-corrected chi connectivity index (χ2v) is 6.83. The van der Waals surface area contributed by atoms with Gasteiger partial charge in [0.15, 0.2) is 0 Å². The Morgan fingerprint density at radius 1 is 1.21 bits per heavy atom. The van der Waals surface area contributed by atoms with Crippen molar-refractivity contribution in [3.63, 3.8) is 0 Å². The lowest BCUT2D eigenvalue weighted by Gasteiger charge is -2.22. The summed E-state index contributed by atoms with van der Waals surface area (Å²) in [6.07, 6.45) is 10.9. The molecule has 1 saturated carbocycles. The van der Waals surface area contributed by atoms with Gasteiger partial charge in [-0.1, -0.05) is 50.4 Å². The van der Waals surface area contributed by atoms with E-state index in [2.05, 4.69) is 25.2 Å². The van der Waals surface area contributed by atoms with Crippen LogP contribution < -0.4 is 5.32 Å². The summed E-state index contributed by atoms with van der Waals surface area (Å²) < 4.78 is 0. The first-order valence-electron chi connectivity index (χ1n) is 9.14. The largest absolute Gasteiger partial charge is 0.322 e. The van der Waals surface area contributed by atoms with Crippen LogP contribution in [-0.4, -0.2) is 5.91 Å². The molecule has 1 aliphatic rings. The van der Waals surface area contributed by atoms with Crippen LogP contribution >= 0.6 is 11.6 Å². The van der Waals surface area contributed by atoms with Gasteiger partial charge in [-0.3, -0.25) is 4.79 Å². The maximum absolute atomic E-state index is 12.9. The first-order valence-corrected chi connectivity index (χ1v) is 9.51. The molecule has 2 nitrogen and oxygen atoms in total. The predicted octanol–water partition coefficient (Wildman–Crippen LogP) is 6.68. The zero-order valence-corrected chi connectivity index (χ0v) is 15.6. The number of amides is 1. The van der Waals surface area contributed by atoms with E-state index in [0.29, 0.717) is 5.02 Å². The van der Waals surface area contributed by atoms with E-state index < -0.39 is 0 Å². The summed E-state index contributed by atoms with van der Waals surface area (Å²) in [5, 5.41) is 3.67. The smallest absolute Gasteiger partial charge is 0.251 e. The molecule has 0 saturated heterocycles. The van der Waals surface area contributed by atoms with Gasteiger partial charge in [0.1, 0.15) is 0 Å². The second-order valence-electron chi connectivity index (χ2n) is 6.40. The third kappa shape index (κ3) is 5.24. The minimum absolute atomic E-state index is 0.0263. The molecule has 0 unspecified atom stereocenters. The molecule has 1 aliphatic carbocycles. The summed E-state index contributed by atoms with van der Waals surface area (Å²) >= 11 is 6.03. The van der Waals surface area contributed by atoms with Crippen molar-refractivity contribution in [2.45, 2.75) is 65.2 Å². The molecule has 0 spiro atoms. The molecule has 0 bridgehead atoms. The SMILES string of the molecule is CCC/C=C1\CCCC\C1=C(/CCC)C(=O)Nc1cccc(Cl)c1. The summed E-state index contributed by atoms with van der Waals surface area (Å²) in [6, 6.07) is 7.35. The zero-order chi connectivity index (χ0) is 17.4. The highest BCUT2D eigenvalue weighted by molar-refractivity contribution is 6.30. The average molecular weight is 346 g/mol. The molecule has 0 aliphatic heterocycles. The fourth-order valence-corrected chi connectivity index (χ4v) is 3.43. The van der Waals surface area contributed by atoms with Crippen LogP contribution in [0.4, 0.5) is 5.69 Å². The number of nitrogens with one attached hydrogen (secondary N) is 1. The molecular formula is C21H28ClNO. The number of unbranched alkanes of at least 4 members (excludes halogenated alkanes) is 1. The molecule has 1 aromatic rings. The van der Waals surface area contributed by atoms with Crippen LogP contribution in [0.15, 0.2) is 47.1 Å². The molecule has 0 heterocycles. The van der Waals surface area contributed by atoms with E-state index in [4.69, 9.17) is 11.6 Å². The van der Waals surface area contributed by atoms with Crippen molar-refractivity contribution < 1.29 is 4.79 Å². The van der Waals surface area contributed by atoms with Crippen molar-refractivity contribution in [2.75, 3.05) is 5.32 Å². The van der Waals surface area contributed by atoms with Crippen molar-refractivity contribution in [3.05, 3.63) is 52.1 Å². The summed E-state index contributed by atoms with van der Waals surface area (Å²) in [7, 11) is 0. The Bertz CT molecular complexity index is 630. The molecule has 130 valence electrons. The van der Waals surface area contributed by atoms with Gasteiger partial charge in [0.05, 0.1) is 0 Å². The molecule has 2 rings (SSSR count). The molecule has 1 fully saturated rings. The third-order valence-corrected chi connectivity index (χ3v) is 4.65. The Labute approximate surface area is 151 Å². The number of rotatable bonds is 6. The van der Waals surface area contributed by atoms with E-state index in [-0.39, 0.29) is 5.91 Å². The van der Waals surface area contributed by atoms with Crippen molar-refractivity contribution >= 4 is 23.2 Å². The van der Waals surface area contributed by atoms with E-state index in [9.17, 15) is 4.79 Å². The van der Waals surface area contributed by atoms with Crippen LogP contribution in [0.3, 0.4) is 0 Å². The predicted molar refractivity (Wildman–Crippen MR) is 103 cm³/mol. The second kappa shape index (κ2) is 9.68. The van der Waals surface area contributed by atoms with Crippen LogP contribution in [0.2, 0.25) is 5.02 Å². The maximum Gasteiger partial charge on any atom is 0.251 e. The summed E-state index contributed by atoms with van der Waals surface area (Å²) in [4.78, 5) is 12.9. The lowest BCUT2D eigenvalue weighted by Crippen LogP contribution is -2.18. The van der Waals surface area contributed by atoms with Crippen molar-refractivity contribution in [2.24, 2.45) is 0 Å². The normalized spacial score (nSPS) is 18.5. The number of halogens is 1. The minimum atomic E-state index is 0.0263. The molecule has 0 atom stereocenters. The van der Waals surface area contributed by atoms with Gasteiger partial charge in [0, 0.05) is 16.3 Å². The van der Waals surface area contributed by atoms with E-state index in [0.717, 1.165) is 49.8 Å². The van der Waals surface area contributed by atoms with Crippen LogP contribution in [0.5, 0.6) is 0 Å². The highest BCUT2D eigenvalue weighted by atomic mass is 35.5. The first kappa shape index (κ1) is 18.8. The molecule has 0 aromatic heterocycles. The monoisotopic (exact) mass is 345 g/mol. The molecule has 24 heavy (non-hydrogen) atoms. The molecule has 0 radical (unpaired) electrons. The molecule has 1 aromatic carbocycles. The summed E-state index contributed by atoms with van der Waals surface area (Å²) in [5.41, 5.74) is 4.40. The van der Waals surface area contributed by atoms with Gasteiger partial charge in [0.2, 0.25) is 0 Å². The molecule has 1 amide bonds. The quantitative estimate of drug-likeness (QED) is 0.572. The van der Waals surface area contributed by atoms with Gasteiger partial charge in [-0.05, 0) is 67.9 Å². The fourth-order valence-electron chi connectivity index (χ4n) is 3.24. The fraction of sp³-hybridized carbons (Fsp3) is 0.476. The number of carbonyl (C=O) groups excluding carboxylic acids is 1. The van der Waals surface area contributed by atoms with E-state index in [1.54, 1.807) is 6.07 Å². The molecule has 1 N–H and O–H groups in total. The lowest BCUT2D eigenvalue weighted by molar-refractivity contribution is -0.113. The van der Waals surface area contributed by atoms with Gasteiger partial charge in [-0.15, -0.1) is 0 Å². The van der Waals surface area contributed by atoms with Gasteiger partial charge in [0.25, 0.3) is 5.91 Å². The van der Waals surface area contributed by atoms with E-state index in [1.165, 1.54) is 24.0 Å². The Kier molecular flexibility index (Phi) is 7.58. The Balaban J connectivity index is 2.29. The Morgan fingerprint density at radius 2 is 2.00 bits per heavy atom. The Morgan fingerprint density at radius 3 is 2.71 bits per heavy atom. The summed E-state index contributed by atoms with van der Waals surface area (Å²) in [6.45, 7) is 4.33. The third-order valence-electron chi connectivity index (χ3n) is 4.41. The molecule has 3 heteroatoms. The highest BCUT2D eigenvalue weighted by Gasteiger charge is 2.20. The average Bonchev–Trinajstić information content (AvgIpc) is 2.58. The van der Waals surface area contributed by atoms with Gasteiger partial charge >= 0.3 is 0 Å². The van der Waals surface area contributed by atoms with Crippen LogP contribution in [0.25, 0.3) is 0 Å². The van der Waals surface area contributed by atoms with Gasteiger partial charge in [-0.2, -0.15) is 0 Å². The van der Waals surface area contributed by atoms with E-state index >= 15 is 0 Å². The number of anilines is 1.